The molecule has 1 aliphatic heterocycles. The number of amidine groups is 1. The van der Waals surface area contributed by atoms with Gasteiger partial charge >= 0.3 is 0 Å². The van der Waals surface area contributed by atoms with Crippen molar-refractivity contribution in [1.82, 2.24) is 0 Å². The Labute approximate surface area is 77.6 Å². The van der Waals surface area contributed by atoms with E-state index in [-0.39, 0.29) is 11.8 Å². The third kappa shape index (κ3) is 2.91. The first-order chi connectivity index (χ1) is 6.09. The van der Waals surface area contributed by atoms with E-state index in [9.17, 15) is 0 Å². The van der Waals surface area contributed by atoms with Crippen LogP contribution in [0.2, 0.25) is 0 Å². The first-order valence-electron chi connectivity index (χ1n) is 4.23. The summed E-state index contributed by atoms with van der Waals surface area (Å²) in [6.07, 6.45) is 3.99. The molecule has 13 heavy (non-hydrogen) atoms. The molecule has 0 bridgehead atoms. The van der Waals surface area contributed by atoms with Gasteiger partial charge in [-0.05, 0) is 18.4 Å². The minimum atomic E-state index is -0.345. The highest BCUT2D eigenvalue weighted by atomic mass is 16.3. The number of aliphatic hydroxyl groups excluding tert-OH is 1. The highest BCUT2D eigenvalue weighted by Crippen LogP contribution is 2.16. The topological polar surface area (TPSA) is 84.6 Å². The number of aliphatic hydroxyl groups is 1. The molecule has 0 amide bonds. The molecule has 0 spiro atoms. The minimum absolute atomic E-state index is 0.0347. The van der Waals surface area contributed by atoms with Crippen LogP contribution >= 0.6 is 0 Å². The van der Waals surface area contributed by atoms with E-state index in [0.29, 0.717) is 12.3 Å². The van der Waals surface area contributed by atoms with Crippen LogP contribution in [0.5, 0.6) is 0 Å². The van der Waals surface area contributed by atoms with E-state index in [2.05, 4.69) is 11.6 Å². The maximum Gasteiger partial charge on any atom is 0.103 e. The highest BCUT2D eigenvalue weighted by molar-refractivity contribution is 5.85. The van der Waals surface area contributed by atoms with Crippen LogP contribution in [0.25, 0.3) is 0 Å². The summed E-state index contributed by atoms with van der Waals surface area (Å²) in [5.74, 6) is 0.680. The van der Waals surface area contributed by atoms with Crippen molar-refractivity contribution in [3.63, 3.8) is 0 Å². The molecule has 1 aliphatic rings. The number of hydrogen-bond donors (Lipinski definition) is 3. The summed E-state index contributed by atoms with van der Waals surface area (Å²) in [5.41, 5.74) is 12.2. The Kier molecular flexibility index (Phi) is 3.08. The molecule has 72 valence electrons. The average Bonchev–Trinajstić information content (AvgIpc) is 2.47. The van der Waals surface area contributed by atoms with E-state index in [1.165, 1.54) is 0 Å². The predicted molar refractivity (Wildman–Crippen MR) is 53.3 cm³/mol. The summed E-state index contributed by atoms with van der Waals surface area (Å²) in [4.78, 5) is 3.95. The zero-order valence-electron chi connectivity index (χ0n) is 7.53. The van der Waals surface area contributed by atoms with Gasteiger partial charge in [-0.15, -0.1) is 0 Å². The third-order valence-electron chi connectivity index (χ3n) is 2.03. The molecule has 1 atom stereocenters. The molecule has 0 aromatic carbocycles. The fourth-order valence-corrected chi connectivity index (χ4v) is 1.16. The van der Waals surface area contributed by atoms with E-state index in [1.807, 2.05) is 0 Å². The lowest BCUT2D eigenvalue weighted by Crippen LogP contribution is -2.22. The molecule has 0 aliphatic carbocycles. The Bertz CT molecular complexity index is 268. The van der Waals surface area contributed by atoms with Gasteiger partial charge in [0, 0.05) is 12.6 Å². The summed E-state index contributed by atoms with van der Waals surface area (Å²) < 4.78 is 0. The Morgan fingerprint density at radius 1 is 1.77 bits per heavy atom. The summed E-state index contributed by atoms with van der Waals surface area (Å²) >= 11 is 0. The third-order valence-corrected chi connectivity index (χ3v) is 2.03. The van der Waals surface area contributed by atoms with E-state index >= 15 is 0 Å². The second kappa shape index (κ2) is 4.09. The van der Waals surface area contributed by atoms with Gasteiger partial charge in [-0.3, -0.25) is 0 Å². The first kappa shape index (κ1) is 9.80. The first-order valence-corrected chi connectivity index (χ1v) is 4.23. The maximum atomic E-state index is 8.95. The quantitative estimate of drug-likeness (QED) is 0.561. The van der Waals surface area contributed by atoms with E-state index < -0.39 is 0 Å². The van der Waals surface area contributed by atoms with Crippen LogP contribution < -0.4 is 11.5 Å². The lowest BCUT2D eigenvalue weighted by atomic mass is 10.0. The molecule has 0 saturated carbocycles. The zero-order chi connectivity index (χ0) is 9.84. The SMILES string of the molecule is C=C(O)[C@@H](N)CCC1=CN=C(N)C1. The van der Waals surface area contributed by atoms with Gasteiger partial charge in [0.1, 0.15) is 11.6 Å². The fourth-order valence-electron chi connectivity index (χ4n) is 1.16. The molecule has 0 aromatic rings. The smallest absolute Gasteiger partial charge is 0.103 e. The van der Waals surface area contributed by atoms with Gasteiger partial charge in [-0.1, -0.05) is 6.58 Å². The van der Waals surface area contributed by atoms with Crippen molar-refractivity contribution in [2.75, 3.05) is 0 Å². The van der Waals surface area contributed by atoms with Crippen LogP contribution in [0.1, 0.15) is 19.3 Å². The summed E-state index contributed by atoms with van der Waals surface area (Å²) in [5, 5.41) is 8.95. The van der Waals surface area contributed by atoms with Crippen LogP contribution in [0.4, 0.5) is 0 Å². The van der Waals surface area contributed by atoms with Gasteiger partial charge in [0.25, 0.3) is 0 Å². The van der Waals surface area contributed by atoms with Crippen LogP contribution in [0, 0.1) is 0 Å². The Hall–Kier alpha value is -1.29. The maximum absolute atomic E-state index is 8.95. The largest absolute Gasteiger partial charge is 0.511 e. The van der Waals surface area contributed by atoms with Gasteiger partial charge in [0.15, 0.2) is 0 Å². The molecule has 5 N–H and O–H groups in total. The predicted octanol–water partition coefficient (Wildman–Crippen LogP) is 0.810. The van der Waals surface area contributed by atoms with Crippen LogP contribution in [-0.2, 0) is 0 Å². The van der Waals surface area contributed by atoms with Crippen molar-refractivity contribution >= 4 is 5.84 Å². The summed E-state index contributed by atoms with van der Waals surface area (Å²) in [6, 6.07) is -0.345. The van der Waals surface area contributed by atoms with Gasteiger partial charge in [0.2, 0.25) is 0 Å². The molecule has 0 radical (unpaired) electrons. The molecule has 4 nitrogen and oxygen atoms in total. The van der Waals surface area contributed by atoms with Gasteiger partial charge < -0.3 is 16.6 Å². The van der Waals surface area contributed by atoms with Crippen molar-refractivity contribution in [3.05, 3.63) is 24.1 Å². The normalized spacial score (nSPS) is 17.9. The molecule has 0 saturated heterocycles. The Morgan fingerprint density at radius 3 is 2.92 bits per heavy atom. The molecule has 0 fully saturated rings. The molecular formula is C9H15N3O. The molecule has 1 rings (SSSR count). The Morgan fingerprint density at radius 2 is 2.46 bits per heavy atom. The zero-order valence-corrected chi connectivity index (χ0v) is 7.53. The van der Waals surface area contributed by atoms with E-state index in [4.69, 9.17) is 16.6 Å². The summed E-state index contributed by atoms with van der Waals surface area (Å²) in [7, 11) is 0. The van der Waals surface area contributed by atoms with E-state index in [0.717, 1.165) is 18.4 Å². The van der Waals surface area contributed by atoms with Crippen LogP contribution in [-0.4, -0.2) is 17.0 Å². The van der Waals surface area contributed by atoms with E-state index in [1.54, 1.807) is 6.20 Å². The molecule has 0 unspecified atom stereocenters. The number of hydrogen-bond acceptors (Lipinski definition) is 4. The number of nitrogens with zero attached hydrogens (tertiary/aromatic N) is 1. The van der Waals surface area contributed by atoms with Gasteiger partial charge in [-0.2, -0.15) is 0 Å². The second-order valence-electron chi connectivity index (χ2n) is 3.22. The van der Waals surface area contributed by atoms with Crippen molar-refractivity contribution in [1.29, 1.82) is 0 Å². The number of nitrogens with two attached hydrogens (primary N) is 2. The average molecular weight is 181 g/mol. The standard InChI is InChI=1S/C9H15N3O/c1-6(13)8(10)3-2-7-4-9(11)12-5-7/h5,8,13H,1-4,10H2,(H2,11,12)/t8-/m0/s1. The van der Waals surface area contributed by atoms with Crippen LogP contribution in [0.3, 0.4) is 0 Å². The second-order valence-corrected chi connectivity index (χ2v) is 3.22. The number of rotatable bonds is 4. The van der Waals surface area contributed by atoms with Gasteiger partial charge in [0.05, 0.1) is 6.04 Å². The lowest BCUT2D eigenvalue weighted by molar-refractivity contribution is 0.362. The highest BCUT2D eigenvalue weighted by Gasteiger charge is 2.10. The van der Waals surface area contributed by atoms with Crippen molar-refractivity contribution in [3.8, 4) is 0 Å². The number of aliphatic imine (C=N–C) groups is 1. The molecule has 4 heteroatoms. The monoisotopic (exact) mass is 181 g/mol. The lowest BCUT2D eigenvalue weighted by Gasteiger charge is -2.09. The van der Waals surface area contributed by atoms with Gasteiger partial charge in [-0.25, -0.2) is 4.99 Å². The fraction of sp³-hybridized carbons (Fsp3) is 0.444. The molecule has 0 aromatic heterocycles. The van der Waals surface area contributed by atoms with Crippen molar-refractivity contribution < 1.29 is 5.11 Å². The Balaban J connectivity index is 2.25. The molecule has 1 heterocycles. The summed E-state index contributed by atoms with van der Waals surface area (Å²) in [6.45, 7) is 3.37. The van der Waals surface area contributed by atoms with Crippen LogP contribution in [0.15, 0.2) is 29.1 Å². The molecular weight excluding hydrogens is 166 g/mol. The minimum Gasteiger partial charge on any atom is -0.511 e. The van der Waals surface area contributed by atoms with Crippen molar-refractivity contribution in [2.45, 2.75) is 25.3 Å². The van der Waals surface area contributed by atoms with Crippen molar-refractivity contribution in [2.24, 2.45) is 16.5 Å².